The van der Waals surface area contributed by atoms with Crippen LogP contribution < -0.4 is 0 Å². The molecule has 0 saturated carbocycles. The molecule has 0 spiro atoms. The van der Waals surface area contributed by atoms with Gasteiger partial charge in [-0.15, -0.1) is 0 Å². The number of urea groups is 1. The smallest absolute Gasteiger partial charge is 0.327 e. The maximum Gasteiger partial charge on any atom is 0.327 e. The predicted molar refractivity (Wildman–Crippen MR) is 96.2 cm³/mol. The molecule has 0 radical (unpaired) electrons. The molecule has 3 amide bonds. The van der Waals surface area contributed by atoms with Crippen LogP contribution in [0.2, 0.25) is 0 Å². The molecule has 6 nitrogen and oxygen atoms in total. The molecule has 0 fully saturated rings. The number of benzene rings is 1. The lowest BCUT2D eigenvalue weighted by atomic mass is 10.1. The zero-order valence-electron chi connectivity index (χ0n) is 15.4. The third-order valence-electron chi connectivity index (χ3n) is 4.37. The average Bonchev–Trinajstić information content (AvgIpc) is 2.62. The summed E-state index contributed by atoms with van der Waals surface area (Å²) in [5, 5.41) is 9.27. The average molecular weight is 348 g/mol. The van der Waals surface area contributed by atoms with E-state index < -0.39 is 23.9 Å². The summed E-state index contributed by atoms with van der Waals surface area (Å²) in [6.07, 6.45) is 1.44. The van der Waals surface area contributed by atoms with Crippen LogP contribution in [0.4, 0.5) is 4.79 Å². The number of hydrogen-bond donors (Lipinski definition) is 1. The number of carbonyl (C=O) groups is 3. The number of nitrogens with zero attached hydrogens (tertiary/aromatic N) is 2. The number of carbonyl (C=O) groups excluding carboxylic acids is 2. The van der Waals surface area contributed by atoms with Crippen LogP contribution in [0.1, 0.15) is 46.1 Å². The van der Waals surface area contributed by atoms with Crippen molar-refractivity contribution < 1.29 is 19.5 Å². The van der Waals surface area contributed by atoms with Gasteiger partial charge in [0.1, 0.15) is 6.04 Å². The van der Waals surface area contributed by atoms with Crippen molar-refractivity contribution in [2.75, 3.05) is 6.54 Å². The van der Waals surface area contributed by atoms with Crippen molar-refractivity contribution in [3.05, 3.63) is 35.9 Å². The fourth-order valence-corrected chi connectivity index (χ4v) is 2.53. The summed E-state index contributed by atoms with van der Waals surface area (Å²) in [7, 11) is 0. The topological polar surface area (TPSA) is 77.9 Å². The first kappa shape index (κ1) is 20.7. The van der Waals surface area contributed by atoms with Gasteiger partial charge in [0.2, 0.25) is 5.91 Å². The van der Waals surface area contributed by atoms with Gasteiger partial charge in [-0.2, -0.15) is 0 Å². The SMILES string of the molecule is CCC(=O)N(C(=O)N(CCc1ccccc1)C(C)CC)[C@H](C)C(=O)O. The predicted octanol–water partition coefficient (Wildman–Crippen LogP) is 3.16. The van der Waals surface area contributed by atoms with Crippen molar-refractivity contribution in [1.29, 1.82) is 0 Å². The Labute approximate surface area is 149 Å². The lowest BCUT2D eigenvalue weighted by molar-refractivity contribution is -0.147. The van der Waals surface area contributed by atoms with E-state index in [1.54, 1.807) is 11.8 Å². The highest BCUT2D eigenvalue weighted by Crippen LogP contribution is 2.14. The number of aliphatic carboxylic acids is 1. The second-order valence-corrected chi connectivity index (χ2v) is 6.10. The molecule has 0 aliphatic carbocycles. The number of carboxylic acids is 1. The summed E-state index contributed by atoms with van der Waals surface area (Å²) in [5.74, 6) is -1.67. The van der Waals surface area contributed by atoms with Crippen LogP contribution in [-0.4, -0.2) is 51.4 Å². The molecule has 1 rings (SSSR count). The number of imide groups is 1. The summed E-state index contributed by atoms with van der Waals surface area (Å²) in [6, 6.07) is 7.94. The highest BCUT2D eigenvalue weighted by atomic mass is 16.4. The third kappa shape index (κ3) is 5.59. The molecule has 0 saturated heterocycles. The summed E-state index contributed by atoms with van der Waals surface area (Å²) >= 11 is 0. The number of hydrogen-bond acceptors (Lipinski definition) is 3. The van der Waals surface area contributed by atoms with Gasteiger partial charge in [-0.05, 0) is 32.3 Å². The molecule has 0 bridgehead atoms. The molecular formula is C19H28N2O4. The lowest BCUT2D eigenvalue weighted by Crippen LogP contribution is -2.55. The van der Waals surface area contributed by atoms with E-state index in [0.29, 0.717) is 13.0 Å². The number of rotatable bonds is 8. The molecule has 1 unspecified atom stereocenters. The monoisotopic (exact) mass is 348 g/mol. The highest BCUT2D eigenvalue weighted by Gasteiger charge is 2.34. The molecule has 138 valence electrons. The van der Waals surface area contributed by atoms with Gasteiger partial charge in [0.15, 0.2) is 0 Å². The number of amides is 3. The quantitative estimate of drug-likeness (QED) is 0.783. The second-order valence-electron chi connectivity index (χ2n) is 6.10. The van der Waals surface area contributed by atoms with Gasteiger partial charge < -0.3 is 10.0 Å². The van der Waals surface area contributed by atoms with E-state index >= 15 is 0 Å². The second kappa shape index (κ2) is 9.81. The van der Waals surface area contributed by atoms with Crippen LogP contribution in [0.5, 0.6) is 0 Å². The summed E-state index contributed by atoms with van der Waals surface area (Å²) in [6.45, 7) is 7.27. The van der Waals surface area contributed by atoms with E-state index in [-0.39, 0.29) is 12.5 Å². The van der Waals surface area contributed by atoms with Gasteiger partial charge in [-0.3, -0.25) is 9.69 Å². The van der Waals surface area contributed by atoms with Crippen LogP contribution in [-0.2, 0) is 16.0 Å². The fraction of sp³-hybridized carbons (Fsp3) is 0.526. The fourth-order valence-electron chi connectivity index (χ4n) is 2.53. The van der Waals surface area contributed by atoms with E-state index in [1.807, 2.05) is 44.2 Å². The summed E-state index contributed by atoms with van der Waals surface area (Å²) < 4.78 is 0. The Morgan fingerprint density at radius 1 is 1.08 bits per heavy atom. The maximum absolute atomic E-state index is 13.0. The Bertz CT molecular complexity index is 588. The molecule has 1 N–H and O–H groups in total. The van der Waals surface area contributed by atoms with E-state index in [4.69, 9.17) is 0 Å². The van der Waals surface area contributed by atoms with E-state index in [2.05, 4.69) is 0 Å². The summed E-state index contributed by atoms with van der Waals surface area (Å²) in [5.41, 5.74) is 1.09. The first-order valence-electron chi connectivity index (χ1n) is 8.72. The van der Waals surface area contributed by atoms with Gasteiger partial charge in [-0.1, -0.05) is 44.2 Å². The first-order chi connectivity index (χ1) is 11.8. The van der Waals surface area contributed by atoms with Crippen LogP contribution in [0.15, 0.2) is 30.3 Å². The number of carboxylic acid groups (broad SMARTS) is 1. The third-order valence-corrected chi connectivity index (χ3v) is 4.37. The molecule has 6 heteroatoms. The maximum atomic E-state index is 13.0. The molecular weight excluding hydrogens is 320 g/mol. The molecule has 25 heavy (non-hydrogen) atoms. The van der Waals surface area contributed by atoms with E-state index in [1.165, 1.54) is 6.92 Å². The van der Waals surface area contributed by atoms with Gasteiger partial charge in [-0.25, -0.2) is 9.59 Å². The van der Waals surface area contributed by atoms with Crippen LogP contribution in [0.25, 0.3) is 0 Å². The lowest BCUT2D eigenvalue weighted by Gasteiger charge is -2.35. The van der Waals surface area contributed by atoms with Crippen molar-refractivity contribution >= 4 is 17.9 Å². The van der Waals surface area contributed by atoms with Crippen molar-refractivity contribution in [2.45, 2.75) is 59.0 Å². The Morgan fingerprint density at radius 3 is 2.16 bits per heavy atom. The van der Waals surface area contributed by atoms with Crippen molar-refractivity contribution in [3.8, 4) is 0 Å². The Hall–Kier alpha value is -2.37. The van der Waals surface area contributed by atoms with Crippen molar-refractivity contribution in [2.24, 2.45) is 0 Å². The molecule has 0 aromatic heterocycles. The Morgan fingerprint density at radius 2 is 1.68 bits per heavy atom. The zero-order valence-corrected chi connectivity index (χ0v) is 15.4. The van der Waals surface area contributed by atoms with Gasteiger partial charge in [0.05, 0.1) is 0 Å². The minimum absolute atomic E-state index is 0.0798. The Kier molecular flexibility index (Phi) is 8.11. The molecule has 1 aromatic carbocycles. The minimum atomic E-state index is -1.19. The standard InChI is InChI=1S/C19H28N2O4/c1-5-14(3)20(13-12-16-10-8-7-9-11-16)19(25)21(17(22)6-2)15(4)18(23)24/h7-11,14-15H,5-6,12-13H2,1-4H3,(H,23,24)/t14?,15-/m1/s1. The van der Waals surface area contributed by atoms with Crippen molar-refractivity contribution in [3.63, 3.8) is 0 Å². The molecule has 2 atom stereocenters. The first-order valence-corrected chi connectivity index (χ1v) is 8.72. The molecule has 0 aliphatic rings. The normalized spacial score (nSPS) is 13.0. The molecule has 0 aliphatic heterocycles. The van der Waals surface area contributed by atoms with Crippen LogP contribution in [0, 0.1) is 0 Å². The van der Waals surface area contributed by atoms with Gasteiger partial charge >= 0.3 is 12.0 Å². The van der Waals surface area contributed by atoms with Crippen LogP contribution in [0.3, 0.4) is 0 Å². The van der Waals surface area contributed by atoms with Gasteiger partial charge in [0, 0.05) is 19.0 Å². The largest absolute Gasteiger partial charge is 0.480 e. The van der Waals surface area contributed by atoms with Crippen LogP contribution >= 0.6 is 0 Å². The van der Waals surface area contributed by atoms with E-state index in [0.717, 1.165) is 16.9 Å². The zero-order chi connectivity index (χ0) is 19.0. The van der Waals surface area contributed by atoms with Gasteiger partial charge in [0.25, 0.3) is 0 Å². The van der Waals surface area contributed by atoms with Crippen molar-refractivity contribution in [1.82, 2.24) is 9.80 Å². The summed E-state index contributed by atoms with van der Waals surface area (Å²) in [4.78, 5) is 39.0. The highest BCUT2D eigenvalue weighted by molar-refractivity contribution is 5.98. The Balaban J connectivity index is 3.03. The molecule has 1 aromatic rings. The van der Waals surface area contributed by atoms with E-state index in [9.17, 15) is 19.5 Å². The molecule has 0 heterocycles. The minimum Gasteiger partial charge on any atom is -0.480 e.